The van der Waals surface area contributed by atoms with Crippen molar-refractivity contribution in [2.45, 2.75) is 0 Å². The smallest absolute Gasteiger partial charge is 0.150 e. The highest BCUT2D eigenvalue weighted by molar-refractivity contribution is 7.12. The Morgan fingerprint density at radius 1 is 1.38 bits per heavy atom. The van der Waals surface area contributed by atoms with Crippen LogP contribution in [0.4, 0.5) is 4.39 Å². The van der Waals surface area contributed by atoms with Crippen LogP contribution in [0.3, 0.4) is 0 Å². The van der Waals surface area contributed by atoms with Gasteiger partial charge in [0.15, 0.2) is 0 Å². The van der Waals surface area contributed by atoms with Gasteiger partial charge in [0.25, 0.3) is 0 Å². The fourth-order valence-corrected chi connectivity index (χ4v) is 1.69. The highest BCUT2D eigenvalue weighted by atomic mass is 35.5. The highest BCUT2D eigenvalue weighted by Gasteiger charge is 2.07. The Morgan fingerprint density at radius 2 is 2.23 bits per heavy atom. The lowest BCUT2D eigenvalue weighted by atomic mass is 10.2. The van der Waals surface area contributed by atoms with Crippen molar-refractivity contribution in [1.29, 1.82) is 0 Å². The standard InChI is InChI=1S/C8H4ClFN2S/c9-5-1-2-6(7(10)3-5)8-12-11-4-13-8/h1-4H. The molecule has 2 nitrogen and oxygen atoms in total. The van der Waals surface area contributed by atoms with Crippen molar-refractivity contribution < 1.29 is 4.39 Å². The second kappa shape index (κ2) is 3.40. The van der Waals surface area contributed by atoms with Gasteiger partial charge in [0.1, 0.15) is 16.3 Å². The van der Waals surface area contributed by atoms with Crippen LogP contribution < -0.4 is 0 Å². The number of halogens is 2. The molecule has 13 heavy (non-hydrogen) atoms. The van der Waals surface area contributed by atoms with E-state index in [1.54, 1.807) is 17.6 Å². The minimum Gasteiger partial charge on any atom is -0.206 e. The van der Waals surface area contributed by atoms with Gasteiger partial charge >= 0.3 is 0 Å². The molecule has 0 atom stereocenters. The third-order valence-electron chi connectivity index (χ3n) is 1.52. The molecule has 1 aromatic heterocycles. The molecule has 0 radical (unpaired) electrons. The third kappa shape index (κ3) is 1.68. The summed E-state index contributed by atoms with van der Waals surface area (Å²) < 4.78 is 13.3. The molecule has 2 aromatic rings. The van der Waals surface area contributed by atoms with Crippen molar-refractivity contribution in [2.24, 2.45) is 0 Å². The molecule has 0 aliphatic heterocycles. The molecule has 0 N–H and O–H groups in total. The van der Waals surface area contributed by atoms with Crippen LogP contribution in [0, 0.1) is 5.82 Å². The zero-order valence-corrected chi connectivity index (χ0v) is 7.94. The fraction of sp³-hybridized carbons (Fsp3) is 0. The minimum absolute atomic E-state index is 0.371. The summed E-state index contributed by atoms with van der Waals surface area (Å²) in [7, 11) is 0. The first kappa shape index (κ1) is 8.59. The average Bonchev–Trinajstić information content (AvgIpc) is 2.56. The molecule has 0 bridgehead atoms. The molecule has 1 heterocycles. The third-order valence-corrected chi connectivity index (χ3v) is 2.48. The Hall–Kier alpha value is -1.00. The van der Waals surface area contributed by atoms with Crippen molar-refractivity contribution in [2.75, 3.05) is 0 Å². The quantitative estimate of drug-likeness (QED) is 0.729. The summed E-state index contributed by atoms with van der Waals surface area (Å²) in [4.78, 5) is 0. The van der Waals surface area contributed by atoms with Crippen molar-refractivity contribution in [1.82, 2.24) is 10.2 Å². The van der Waals surface area contributed by atoms with Crippen molar-refractivity contribution >= 4 is 22.9 Å². The van der Waals surface area contributed by atoms with Crippen LogP contribution in [0.2, 0.25) is 5.02 Å². The van der Waals surface area contributed by atoms with Gasteiger partial charge in [0.2, 0.25) is 0 Å². The maximum Gasteiger partial charge on any atom is 0.150 e. The lowest BCUT2D eigenvalue weighted by Crippen LogP contribution is -1.83. The number of hydrogen-bond donors (Lipinski definition) is 0. The van der Waals surface area contributed by atoms with E-state index in [9.17, 15) is 4.39 Å². The van der Waals surface area contributed by atoms with Gasteiger partial charge in [-0.15, -0.1) is 10.2 Å². The van der Waals surface area contributed by atoms with Crippen LogP contribution in [-0.2, 0) is 0 Å². The number of rotatable bonds is 1. The van der Waals surface area contributed by atoms with Gasteiger partial charge in [-0.3, -0.25) is 0 Å². The Balaban J connectivity index is 2.53. The van der Waals surface area contributed by atoms with E-state index in [-0.39, 0.29) is 5.82 Å². The minimum atomic E-state index is -0.371. The van der Waals surface area contributed by atoms with Crippen molar-refractivity contribution in [3.63, 3.8) is 0 Å². The van der Waals surface area contributed by atoms with Gasteiger partial charge in [-0.2, -0.15) is 0 Å². The highest BCUT2D eigenvalue weighted by Crippen LogP contribution is 2.25. The summed E-state index contributed by atoms with van der Waals surface area (Å²) >= 11 is 6.90. The van der Waals surface area contributed by atoms with Crippen molar-refractivity contribution in [3.05, 3.63) is 34.5 Å². The first-order valence-corrected chi connectivity index (χ1v) is 4.75. The SMILES string of the molecule is Fc1cc(Cl)ccc1-c1nncs1. The number of hydrogen-bond acceptors (Lipinski definition) is 3. The molecule has 1 aromatic carbocycles. The number of nitrogens with zero attached hydrogens (tertiary/aromatic N) is 2. The van der Waals surface area contributed by atoms with E-state index >= 15 is 0 Å². The second-order valence-corrected chi connectivity index (χ2v) is 3.64. The lowest BCUT2D eigenvalue weighted by Gasteiger charge is -1.97. The largest absolute Gasteiger partial charge is 0.206 e. The fourth-order valence-electron chi connectivity index (χ4n) is 0.953. The maximum atomic E-state index is 13.3. The summed E-state index contributed by atoms with van der Waals surface area (Å²) in [5, 5.41) is 8.34. The average molecular weight is 215 g/mol. The zero-order chi connectivity index (χ0) is 9.26. The van der Waals surface area contributed by atoms with Crippen molar-refractivity contribution in [3.8, 4) is 10.6 Å². The second-order valence-electron chi connectivity index (χ2n) is 2.37. The Morgan fingerprint density at radius 3 is 2.85 bits per heavy atom. The molecule has 5 heteroatoms. The topological polar surface area (TPSA) is 25.8 Å². The summed E-state index contributed by atoms with van der Waals surface area (Å²) in [6.07, 6.45) is 0. The van der Waals surface area contributed by atoms with E-state index in [2.05, 4.69) is 10.2 Å². The van der Waals surface area contributed by atoms with E-state index in [4.69, 9.17) is 11.6 Å². The molecule has 66 valence electrons. The summed E-state index contributed by atoms with van der Waals surface area (Å²) in [5.74, 6) is -0.371. The molecule has 2 rings (SSSR count). The molecular weight excluding hydrogens is 211 g/mol. The van der Waals surface area contributed by atoms with Gasteiger partial charge < -0.3 is 0 Å². The van der Waals surface area contributed by atoms with Gasteiger partial charge in [-0.1, -0.05) is 22.9 Å². The number of aromatic nitrogens is 2. The lowest BCUT2D eigenvalue weighted by molar-refractivity contribution is 0.631. The normalized spacial score (nSPS) is 10.3. The molecule has 0 saturated heterocycles. The van der Waals surface area contributed by atoms with Crippen LogP contribution in [0.25, 0.3) is 10.6 Å². The van der Waals surface area contributed by atoms with E-state index in [1.807, 2.05) is 0 Å². The predicted octanol–water partition coefficient (Wildman–Crippen LogP) is 3.00. The molecule has 0 aliphatic carbocycles. The number of benzene rings is 1. The van der Waals surface area contributed by atoms with Gasteiger partial charge in [-0.25, -0.2) is 4.39 Å². The van der Waals surface area contributed by atoms with E-state index in [1.165, 1.54) is 17.4 Å². The van der Waals surface area contributed by atoms with Crippen LogP contribution in [0.15, 0.2) is 23.7 Å². The van der Waals surface area contributed by atoms with E-state index in [0.717, 1.165) is 0 Å². The Bertz CT molecular complexity index is 416. The van der Waals surface area contributed by atoms with Crippen LogP contribution >= 0.6 is 22.9 Å². The maximum absolute atomic E-state index is 13.3. The van der Waals surface area contributed by atoms with Gasteiger partial charge in [0.05, 0.1) is 0 Å². The van der Waals surface area contributed by atoms with E-state index < -0.39 is 0 Å². The molecule has 0 fully saturated rings. The first-order chi connectivity index (χ1) is 6.27. The summed E-state index contributed by atoms with van der Waals surface area (Å²) in [5.41, 5.74) is 2.00. The summed E-state index contributed by atoms with van der Waals surface area (Å²) in [6.45, 7) is 0. The zero-order valence-electron chi connectivity index (χ0n) is 6.37. The molecule has 0 unspecified atom stereocenters. The van der Waals surface area contributed by atoms with Crippen LogP contribution in [0.5, 0.6) is 0 Å². The molecule has 0 spiro atoms. The Kier molecular flexibility index (Phi) is 2.24. The molecular formula is C8H4ClFN2S. The van der Waals surface area contributed by atoms with Gasteiger partial charge in [-0.05, 0) is 18.2 Å². The van der Waals surface area contributed by atoms with E-state index in [0.29, 0.717) is 15.6 Å². The van der Waals surface area contributed by atoms with Gasteiger partial charge in [0, 0.05) is 10.6 Å². The molecule has 0 amide bonds. The first-order valence-electron chi connectivity index (χ1n) is 3.49. The predicted molar refractivity (Wildman–Crippen MR) is 50.3 cm³/mol. The Labute approximate surface area is 83.0 Å². The van der Waals surface area contributed by atoms with Crippen LogP contribution in [-0.4, -0.2) is 10.2 Å². The summed E-state index contributed by atoms with van der Waals surface area (Å²) in [6, 6.07) is 4.48. The van der Waals surface area contributed by atoms with Crippen LogP contribution in [0.1, 0.15) is 0 Å². The molecule has 0 saturated carbocycles. The molecule has 0 aliphatic rings. The monoisotopic (exact) mass is 214 g/mol.